The Morgan fingerprint density at radius 2 is 1.34 bits per heavy atom. The van der Waals surface area contributed by atoms with E-state index in [0.29, 0.717) is 5.56 Å². The van der Waals surface area contributed by atoms with Crippen molar-refractivity contribution < 1.29 is 28.6 Å². The fraction of sp³-hybridized carbons (Fsp3) is 0.609. The first kappa shape index (κ1) is 24.7. The summed E-state index contributed by atoms with van der Waals surface area (Å²) in [6, 6.07) is 3.02. The monoisotopic (exact) mass is 406 g/mol. The fourth-order valence-corrected chi connectivity index (χ4v) is 3.12. The van der Waals surface area contributed by atoms with Crippen molar-refractivity contribution in [2.24, 2.45) is 10.8 Å². The maximum absolute atomic E-state index is 12.1. The normalized spacial score (nSPS) is 12.9. The van der Waals surface area contributed by atoms with Crippen LogP contribution in [-0.2, 0) is 14.4 Å². The SMILES string of the molecule is CCC(=O)Oc1cc(OC(C)=O)cc(OC(C)=O)c1C(CC(C)(C)C)C(C)(C)C. The van der Waals surface area contributed by atoms with Crippen LogP contribution in [0.15, 0.2) is 12.1 Å². The molecule has 0 amide bonds. The van der Waals surface area contributed by atoms with E-state index < -0.39 is 17.9 Å². The first-order chi connectivity index (χ1) is 13.1. The lowest BCUT2D eigenvalue weighted by molar-refractivity contribution is -0.134. The summed E-state index contributed by atoms with van der Waals surface area (Å²) in [5.41, 5.74) is 0.366. The highest BCUT2D eigenvalue weighted by Gasteiger charge is 2.36. The van der Waals surface area contributed by atoms with Crippen LogP contribution in [0.4, 0.5) is 0 Å². The van der Waals surface area contributed by atoms with E-state index in [1.54, 1.807) is 6.92 Å². The summed E-state index contributed by atoms with van der Waals surface area (Å²) in [7, 11) is 0. The van der Waals surface area contributed by atoms with Gasteiger partial charge in [0.1, 0.15) is 17.2 Å². The molecule has 1 rings (SSSR count). The van der Waals surface area contributed by atoms with Gasteiger partial charge in [-0.3, -0.25) is 14.4 Å². The molecule has 0 bridgehead atoms. The third-order valence-corrected chi connectivity index (χ3v) is 4.32. The van der Waals surface area contributed by atoms with E-state index in [1.807, 2.05) is 0 Å². The van der Waals surface area contributed by atoms with Gasteiger partial charge in [0.15, 0.2) is 0 Å². The summed E-state index contributed by atoms with van der Waals surface area (Å²) >= 11 is 0. The molecule has 0 saturated heterocycles. The van der Waals surface area contributed by atoms with Crippen LogP contribution < -0.4 is 14.2 Å². The molecule has 1 aromatic carbocycles. The Kier molecular flexibility index (Phi) is 8.01. The number of esters is 3. The van der Waals surface area contributed by atoms with Crippen molar-refractivity contribution >= 4 is 17.9 Å². The Morgan fingerprint density at radius 1 is 0.862 bits per heavy atom. The zero-order chi connectivity index (χ0) is 22.6. The van der Waals surface area contributed by atoms with Crippen molar-refractivity contribution in [1.82, 2.24) is 0 Å². The van der Waals surface area contributed by atoms with Gasteiger partial charge in [0.05, 0.1) is 0 Å². The van der Waals surface area contributed by atoms with Crippen molar-refractivity contribution in [3.63, 3.8) is 0 Å². The van der Waals surface area contributed by atoms with Gasteiger partial charge >= 0.3 is 17.9 Å². The molecule has 1 unspecified atom stereocenters. The van der Waals surface area contributed by atoms with Crippen LogP contribution in [-0.4, -0.2) is 17.9 Å². The summed E-state index contributed by atoms with van der Waals surface area (Å²) in [4.78, 5) is 35.4. The summed E-state index contributed by atoms with van der Waals surface area (Å²) in [6.45, 7) is 16.9. The second-order valence-corrected chi connectivity index (χ2v) is 9.53. The van der Waals surface area contributed by atoms with E-state index in [4.69, 9.17) is 14.2 Å². The molecule has 6 nitrogen and oxygen atoms in total. The highest BCUT2D eigenvalue weighted by molar-refractivity contribution is 5.76. The molecular weight excluding hydrogens is 372 g/mol. The van der Waals surface area contributed by atoms with E-state index in [9.17, 15) is 14.4 Å². The molecule has 6 heteroatoms. The van der Waals surface area contributed by atoms with Crippen molar-refractivity contribution in [3.05, 3.63) is 17.7 Å². The van der Waals surface area contributed by atoms with E-state index in [2.05, 4.69) is 41.5 Å². The van der Waals surface area contributed by atoms with Gasteiger partial charge in [-0.25, -0.2) is 0 Å². The third kappa shape index (κ3) is 7.87. The minimum atomic E-state index is -0.527. The van der Waals surface area contributed by atoms with Crippen LogP contribution in [0.1, 0.15) is 86.6 Å². The minimum absolute atomic E-state index is 0.0357. The summed E-state index contributed by atoms with van der Waals surface area (Å²) in [6.07, 6.45) is 0.938. The molecule has 0 fully saturated rings. The van der Waals surface area contributed by atoms with Crippen LogP contribution in [0.2, 0.25) is 0 Å². The molecule has 0 heterocycles. The molecule has 0 radical (unpaired) electrons. The third-order valence-electron chi connectivity index (χ3n) is 4.32. The van der Waals surface area contributed by atoms with Gasteiger partial charge in [0.25, 0.3) is 0 Å². The molecule has 0 spiro atoms. The molecule has 0 aliphatic heterocycles. The van der Waals surface area contributed by atoms with Gasteiger partial charge in [-0.1, -0.05) is 48.5 Å². The predicted molar refractivity (Wildman–Crippen MR) is 111 cm³/mol. The first-order valence-electron chi connectivity index (χ1n) is 9.89. The first-order valence-corrected chi connectivity index (χ1v) is 9.89. The van der Waals surface area contributed by atoms with Crippen LogP contribution in [0.5, 0.6) is 17.2 Å². The molecule has 1 atom stereocenters. The van der Waals surface area contributed by atoms with E-state index in [-0.39, 0.29) is 40.4 Å². The molecule has 0 aliphatic rings. The lowest BCUT2D eigenvalue weighted by Crippen LogP contribution is -2.26. The van der Waals surface area contributed by atoms with Crippen LogP contribution in [0, 0.1) is 10.8 Å². The number of carbonyl (C=O) groups is 3. The summed E-state index contributed by atoms with van der Waals surface area (Å²) in [5.74, 6) is -0.926. The van der Waals surface area contributed by atoms with Crippen LogP contribution in [0.3, 0.4) is 0 Å². The van der Waals surface area contributed by atoms with E-state index >= 15 is 0 Å². The maximum Gasteiger partial charge on any atom is 0.310 e. The second-order valence-electron chi connectivity index (χ2n) is 9.53. The van der Waals surface area contributed by atoms with Crippen LogP contribution >= 0.6 is 0 Å². The predicted octanol–water partition coefficient (Wildman–Crippen LogP) is 5.42. The number of hydrogen-bond donors (Lipinski definition) is 0. The largest absolute Gasteiger partial charge is 0.426 e. The fourth-order valence-electron chi connectivity index (χ4n) is 3.12. The van der Waals surface area contributed by atoms with Gasteiger partial charge in [-0.15, -0.1) is 0 Å². The van der Waals surface area contributed by atoms with Gasteiger partial charge < -0.3 is 14.2 Å². The Balaban J connectivity index is 3.80. The lowest BCUT2D eigenvalue weighted by atomic mass is 9.68. The number of rotatable bonds is 6. The summed E-state index contributed by atoms with van der Waals surface area (Å²) < 4.78 is 16.3. The molecular formula is C23H34O6. The molecule has 162 valence electrons. The van der Waals surface area contributed by atoms with E-state index in [0.717, 1.165) is 6.42 Å². The zero-order valence-corrected chi connectivity index (χ0v) is 19.1. The van der Waals surface area contributed by atoms with Crippen LogP contribution in [0.25, 0.3) is 0 Å². The number of benzene rings is 1. The average molecular weight is 407 g/mol. The Labute approximate surface area is 173 Å². The Morgan fingerprint density at radius 3 is 1.72 bits per heavy atom. The highest BCUT2D eigenvalue weighted by Crippen LogP contribution is 2.50. The van der Waals surface area contributed by atoms with Crippen molar-refractivity contribution in [3.8, 4) is 17.2 Å². The molecule has 0 saturated carbocycles. The van der Waals surface area contributed by atoms with Gasteiger partial charge in [-0.05, 0) is 23.2 Å². The number of ether oxygens (including phenoxy) is 3. The molecule has 29 heavy (non-hydrogen) atoms. The average Bonchev–Trinajstić information content (AvgIpc) is 2.50. The van der Waals surface area contributed by atoms with Crippen molar-refractivity contribution in [2.45, 2.75) is 81.1 Å². The quantitative estimate of drug-likeness (QED) is 0.464. The molecule has 0 N–H and O–H groups in total. The zero-order valence-electron chi connectivity index (χ0n) is 19.1. The number of carbonyl (C=O) groups excluding carboxylic acids is 3. The summed E-state index contributed by atoms with van der Waals surface area (Å²) in [5, 5.41) is 0. The molecule has 0 aromatic heterocycles. The lowest BCUT2D eigenvalue weighted by Gasteiger charge is -2.37. The standard InChI is InChI=1S/C23H34O6/c1-10-20(26)29-19-12-16(27-14(2)24)11-18(28-15(3)25)21(19)17(23(7,8)9)13-22(4,5)6/h11-12,17H,10,13H2,1-9H3. The smallest absolute Gasteiger partial charge is 0.310 e. The van der Waals surface area contributed by atoms with Crippen molar-refractivity contribution in [2.75, 3.05) is 0 Å². The van der Waals surface area contributed by atoms with Gasteiger partial charge in [-0.2, -0.15) is 0 Å². The van der Waals surface area contributed by atoms with Gasteiger partial charge in [0, 0.05) is 38.0 Å². The van der Waals surface area contributed by atoms with E-state index in [1.165, 1.54) is 26.0 Å². The molecule has 1 aromatic rings. The van der Waals surface area contributed by atoms with Crippen molar-refractivity contribution in [1.29, 1.82) is 0 Å². The Bertz CT molecular complexity index is 765. The maximum atomic E-state index is 12.1. The molecule has 0 aliphatic carbocycles. The minimum Gasteiger partial charge on any atom is -0.426 e. The topological polar surface area (TPSA) is 78.9 Å². The van der Waals surface area contributed by atoms with Gasteiger partial charge in [0.2, 0.25) is 0 Å². The Hall–Kier alpha value is -2.37. The second kappa shape index (κ2) is 9.42. The highest BCUT2D eigenvalue weighted by atomic mass is 16.6. The number of hydrogen-bond acceptors (Lipinski definition) is 6.